The molecular formula is C18H11ClF3N3O. The highest BCUT2D eigenvalue weighted by atomic mass is 35.5. The van der Waals surface area contributed by atoms with Crippen LogP contribution in [0.1, 0.15) is 5.56 Å². The fourth-order valence-electron chi connectivity index (χ4n) is 2.93. The third kappa shape index (κ3) is 2.84. The van der Waals surface area contributed by atoms with Gasteiger partial charge in [0.05, 0.1) is 10.5 Å². The second kappa shape index (κ2) is 5.88. The van der Waals surface area contributed by atoms with E-state index in [1.807, 2.05) is 19.1 Å². The van der Waals surface area contributed by atoms with Gasteiger partial charge in [-0.2, -0.15) is 0 Å². The number of ether oxygens (including phenoxy) is 1. The number of hydrogen-bond acceptors (Lipinski definition) is 3. The summed E-state index contributed by atoms with van der Waals surface area (Å²) in [7, 11) is 0. The Balaban J connectivity index is 1.99. The molecule has 0 radical (unpaired) electrons. The van der Waals surface area contributed by atoms with Crippen LogP contribution in [0.3, 0.4) is 0 Å². The number of pyridine rings is 1. The molecule has 0 unspecified atom stereocenters. The van der Waals surface area contributed by atoms with Crippen molar-refractivity contribution >= 4 is 28.2 Å². The molecule has 0 N–H and O–H groups in total. The highest BCUT2D eigenvalue weighted by Gasteiger charge is 2.31. The fraction of sp³-hybridized carbons (Fsp3) is 0.111. The van der Waals surface area contributed by atoms with E-state index in [4.69, 9.17) is 11.6 Å². The summed E-state index contributed by atoms with van der Waals surface area (Å²) < 4.78 is 43.3. The molecule has 26 heavy (non-hydrogen) atoms. The Morgan fingerprint density at radius 3 is 2.54 bits per heavy atom. The van der Waals surface area contributed by atoms with Gasteiger partial charge in [-0.05, 0) is 48.9 Å². The van der Waals surface area contributed by atoms with E-state index in [2.05, 4.69) is 14.9 Å². The third-order valence-corrected chi connectivity index (χ3v) is 4.31. The van der Waals surface area contributed by atoms with Crippen molar-refractivity contribution in [3.8, 4) is 17.1 Å². The maximum Gasteiger partial charge on any atom is 0.573 e. The van der Waals surface area contributed by atoms with Crippen molar-refractivity contribution in [2.24, 2.45) is 0 Å². The molecule has 0 atom stereocenters. The van der Waals surface area contributed by atoms with Gasteiger partial charge in [0.2, 0.25) is 0 Å². The van der Waals surface area contributed by atoms with Crippen molar-refractivity contribution in [1.29, 1.82) is 0 Å². The number of nitrogens with zero attached hydrogens (tertiary/aromatic N) is 3. The Kier molecular flexibility index (Phi) is 3.77. The minimum Gasteiger partial charge on any atom is -0.406 e. The zero-order chi connectivity index (χ0) is 18.5. The predicted octanol–water partition coefficient (Wildman–Crippen LogP) is 5.41. The highest BCUT2D eigenvalue weighted by Crippen LogP contribution is 2.32. The van der Waals surface area contributed by atoms with E-state index in [9.17, 15) is 13.2 Å². The molecule has 0 spiro atoms. The Bertz CT molecular complexity index is 1140. The van der Waals surface area contributed by atoms with Crippen molar-refractivity contribution < 1.29 is 17.9 Å². The summed E-state index contributed by atoms with van der Waals surface area (Å²) in [5, 5.41) is 9.53. The summed E-state index contributed by atoms with van der Waals surface area (Å²) in [5.41, 5.74) is 2.72. The minimum atomic E-state index is -4.74. The second-order valence-corrected chi connectivity index (χ2v) is 6.17. The molecule has 0 aliphatic rings. The van der Waals surface area contributed by atoms with Crippen molar-refractivity contribution in [3.63, 3.8) is 0 Å². The lowest BCUT2D eigenvalue weighted by Crippen LogP contribution is -2.17. The van der Waals surface area contributed by atoms with Gasteiger partial charge in [0.15, 0.2) is 11.5 Å². The first-order chi connectivity index (χ1) is 12.3. The molecule has 0 saturated carbocycles. The number of hydrogen-bond donors (Lipinski definition) is 0. The molecule has 4 nitrogen and oxygen atoms in total. The van der Waals surface area contributed by atoms with Crippen LogP contribution in [0.25, 0.3) is 27.9 Å². The van der Waals surface area contributed by atoms with Gasteiger partial charge in [0.1, 0.15) is 5.75 Å². The van der Waals surface area contributed by atoms with Gasteiger partial charge >= 0.3 is 6.36 Å². The largest absolute Gasteiger partial charge is 0.573 e. The van der Waals surface area contributed by atoms with Gasteiger partial charge < -0.3 is 4.74 Å². The average Bonchev–Trinajstić information content (AvgIpc) is 2.99. The molecule has 132 valence electrons. The number of alkyl halides is 3. The van der Waals surface area contributed by atoms with E-state index in [-0.39, 0.29) is 5.75 Å². The molecule has 0 fully saturated rings. The summed E-state index contributed by atoms with van der Waals surface area (Å²) in [5.74, 6) is 0.236. The molecule has 0 aliphatic carbocycles. The van der Waals surface area contributed by atoms with Crippen LogP contribution in [0.15, 0.2) is 48.5 Å². The normalized spacial score (nSPS) is 12.0. The van der Waals surface area contributed by atoms with Crippen LogP contribution >= 0.6 is 11.6 Å². The van der Waals surface area contributed by atoms with E-state index in [1.54, 1.807) is 28.7 Å². The summed E-state index contributed by atoms with van der Waals surface area (Å²) >= 11 is 6.28. The predicted molar refractivity (Wildman–Crippen MR) is 92.4 cm³/mol. The lowest BCUT2D eigenvalue weighted by atomic mass is 10.1. The molecule has 4 aromatic rings. The zero-order valence-corrected chi connectivity index (χ0v) is 14.1. The lowest BCUT2D eigenvalue weighted by Gasteiger charge is -2.12. The van der Waals surface area contributed by atoms with Crippen LogP contribution in [-0.2, 0) is 0 Å². The van der Waals surface area contributed by atoms with E-state index in [0.29, 0.717) is 33.0 Å². The first kappa shape index (κ1) is 16.7. The molecule has 2 aromatic carbocycles. The summed E-state index contributed by atoms with van der Waals surface area (Å²) in [6.07, 6.45) is -4.74. The topological polar surface area (TPSA) is 39.4 Å². The van der Waals surface area contributed by atoms with Crippen molar-refractivity contribution in [2.75, 3.05) is 0 Å². The number of rotatable bonds is 2. The lowest BCUT2D eigenvalue weighted by molar-refractivity contribution is -0.274. The molecule has 0 amide bonds. The first-order valence-electron chi connectivity index (χ1n) is 7.62. The monoisotopic (exact) mass is 377 g/mol. The number of aromatic nitrogens is 3. The van der Waals surface area contributed by atoms with Gasteiger partial charge in [-0.1, -0.05) is 23.7 Å². The van der Waals surface area contributed by atoms with Gasteiger partial charge in [-0.25, -0.2) is 0 Å². The first-order valence-corrected chi connectivity index (χ1v) is 8.00. The smallest absolute Gasteiger partial charge is 0.406 e. The standard InChI is InChI=1S/C18H11ClF3N3O/c1-10-8-11-9-12(26-18(20,21)22)6-7-15(11)25-16(10)23-24-17(25)13-4-2-3-5-14(13)19/h2-9H,1H3. The number of fused-ring (bicyclic) bond motifs is 3. The van der Waals surface area contributed by atoms with Gasteiger partial charge in [-0.15, -0.1) is 23.4 Å². The third-order valence-electron chi connectivity index (χ3n) is 3.98. The summed E-state index contributed by atoms with van der Waals surface area (Å²) in [4.78, 5) is 0. The SMILES string of the molecule is Cc1cc2cc(OC(F)(F)F)ccc2n2c(-c3ccccc3Cl)nnc12. The van der Waals surface area contributed by atoms with Crippen LogP contribution in [0, 0.1) is 6.92 Å². The maximum atomic E-state index is 12.5. The Labute approximate surface area is 150 Å². The molecule has 0 aliphatic heterocycles. The van der Waals surface area contributed by atoms with Gasteiger partial charge in [0, 0.05) is 10.9 Å². The average molecular weight is 378 g/mol. The van der Waals surface area contributed by atoms with Crippen molar-refractivity contribution in [3.05, 3.63) is 59.1 Å². The quantitative estimate of drug-likeness (QED) is 0.469. The summed E-state index contributed by atoms with van der Waals surface area (Å²) in [6, 6.07) is 13.1. The molecule has 2 aromatic heterocycles. The number of benzene rings is 2. The Hall–Kier alpha value is -2.80. The Morgan fingerprint density at radius 1 is 1.04 bits per heavy atom. The Morgan fingerprint density at radius 2 is 1.81 bits per heavy atom. The molecular weight excluding hydrogens is 367 g/mol. The van der Waals surface area contributed by atoms with Gasteiger partial charge in [0.25, 0.3) is 0 Å². The van der Waals surface area contributed by atoms with Crippen LogP contribution in [0.5, 0.6) is 5.75 Å². The van der Waals surface area contributed by atoms with E-state index in [0.717, 1.165) is 5.56 Å². The zero-order valence-electron chi connectivity index (χ0n) is 13.4. The molecule has 8 heteroatoms. The van der Waals surface area contributed by atoms with E-state index >= 15 is 0 Å². The molecule has 4 rings (SSSR count). The number of aryl methyl sites for hydroxylation is 1. The van der Waals surface area contributed by atoms with E-state index < -0.39 is 6.36 Å². The molecule has 2 heterocycles. The highest BCUT2D eigenvalue weighted by molar-refractivity contribution is 6.33. The minimum absolute atomic E-state index is 0.281. The fourth-order valence-corrected chi connectivity index (χ4v) is 3.15. The van der Waals surface area contributed by atoms with Crippen LogP contribution < -0.4 is 4.74 Å². The number of halogens is 4. The second-order valence-electron chi connectivity index (χ2n) is 5.76. The molecule has 0 saturated heterocycles. The van der Waals surface area contributed by atoms with Crippen LogP contribution in [0.4, 0.5) is 13.2 Å². The summed E-state index contributed by atoms with van der Waals surface area (Å²) in [6.45, 7) is 1.82. The van der Waals surface area contributed by atoms with Crippen LogP contribution in [0.2, 0.25) is 5.02 Å². The van der Waals surface area contributed by atoms with Gasteiger partial charge in [-0.3, -0.25) is 4.40 Å². The maximum absolute atomic E-state index is 12.5. The van der Waals surface area contributed by atoms with Crippen molar-refractivity contribution in [2.45, 2.75) is 13.3 Å². The van der Waals surface area contributed by atoms with E-state index in [1.165, 1.54) is 12.1 Å². The molecule has 0 bridgehead atoms. The van der Waals surface area contributed by atoms with Crippen LogP contribution in [-0.4, -0.2) is 21.0 Å². The van der Waals surface area contributed by atoms with Crippen molar-refractivity contribution in [1.82, 2.24) is 14.6 Å².